The number of carbonyl (C=O) groups excluding carboxylic acids is 1. The molecule has 0 aromatic rings. The first-order chi connectivity index (χ1) is 17.5. The molecule has 11 nitrogen and oxygen atoms in total. The van der Waals surface area contributed by atoms with Gasteiger partial charge >= 0.3 is 6.09 Å². The van der Waals surface area contributed by atoms with Gasteiger partial charge in [0.25, 0.3) is 0 Å². The van der Waals surface area contributed by atoms with Crippen LogP contribution in [0.15, 0.2) is 0 Å². The summed E-state index contributed by atoms with van der Waals surface area (Å²) in [5.74, 6) is 0. The van der Waals surface area contributed by atoms with Gasteiger partial charge in [-0.1, -0.05) is 0 Å². The molecule has 0 aromatic heterocycles. The van der Waals surface area contributed by atoms with E-state index in [0.717, 1.165) is 0 Å². The Hall–Kier alpha value is -0.833. The Labute approximate surface area is 225 Å². The molecule has 0 radical (unpaired) electrons. The number of carbonyl (C=O) groups is 1. The number of hydrogen-bond donors (Lipinski definition) is 0. The van der Waals surface area contributed by atoms with Crippen molar-refractivity contribution in [3.63, 3.8) is 0 Å². The van der Waals surface area contributed by atoms with E-state index in [0.29, 0.717) is 106 Å². The molecule has 0 spiro atoms. The summed E-state index contributed by atoms with van der Waals surface area (Å²) in [6, 6.07) is 0. The Balaban J connectivity index is 3.20. The number of amides is 1. The van der Waals surface area contributed by atoms with E-state index in [1.165, 1.54) is 4.90 Å². The van der Waals surface area contributed by atoms with Crippen molar-refractivity contribution in [1.29, 1.82) is 0 Å². The normalized spacial score (nSPS) is 12.2. The van der Waals surface area contributed by atoms with Gasteiger partial charge in [-0.25, -0.2) is 4.79 Å². The molecule has 0 heterocycles. The van der Waals surface area contributed by atoms with Crippen LogP contribution < -0.4 is 0 Å². The molecule has 0 unspecified atom stereocenters. The fraction of sp³-hybridized carbons (Fsp3) is 0.960. The highest BCUT2D eigenvalue weighted by molar-refractivity contribution is 6.69. The SMILES string of the molecule is CN(CCOCCOCCOCCOCCOCCOCCOCCO[Si](C)(C)C)C(=O)OC(C)(C)C. The molecule has 0 bridgehead atoms. The first kappa shape index (κ1) is 36.2. The fourth-order valence-electron chi connectivity index (χ4n) is 2.46. The van der Waals surface area contributed by atoms with Crippen molar-refractivity contribution in [2.75, 3.05) is 113 Å². The molecule has 0 fully saturated rings. The molecule has 222 valence electrons. The van der Waals surface area contributed by atoms with E-state index in [4.69, 9.17) is 42.3 Å². The summed E-state index contributed by atoms with van der Waals surface area (Å²) in [6.45, 7) is 20.2. The highest BCUT2D eigenvalue weighted by Crippen LogP contribution is 2.08. The van der Waals surface area contributed by atoms with Gasteiger partial charge in [-0.3, -0.25) is 0 Å². The maximum absolute atomic E-state index is 11.8. The van der Waals surface area contributed by atoms with Crippen molar-refractivity contribution in [1.82, 2.24) is 4.90 Å². The van der Waals surface area contributed by atoms with E-state index in [9.17, 15) is 4.79 Å². The third-order valence-electron chi connectivity index (χ3n) is 4.27. The largest absolute Gasteiger partial charge is 0.444 e. The summed E-state index contributed by atoms with van der Waals surface area (Å²) in [5, 5.41) is 0. The van der Waals surface area contributed by atoms with E-state index in [2.05, 4.69) is 19.6 Å². The average Bonchev–Trinajstić information content (AvgIpc) is 2.79. The van der Waals surface area contributed by atoms with Crippen molar-refractivity contribution in [3.05, 3.63) is 0 Å². The number of ether oxygens (including phenoxy) is 8. The van der Waals surface area contributed by atoms with Gasteiger partial charge in [-0.05, 0) is 40.4 Å². The molecule has 0 saturated carbocycles. The van der Waals surface area contributed by atoms with Crippen molar-refractivity contribution in [2.24, 2.45) is 0 Å². The Bertz CT molecular complexity index is 529. The molecule has 37 heavy (non-hydrogen) atoms. The molecule has 0 atom stereocenters. The minimum Gasteiger partial charge on any atom is -0.444 e. The molecule has 0 rings (SSSR count). The zero-order valence-electron chi connectivity index (χ0n) is 24.3. The van der Waals surface area contributed by atoms with Gasteiger partial charge in [0.05, 0.1) is 99.1 Å². The zero-order valence-corrected chi connectivity index (χ0v) is 25.3. The quantitative estimate of drug-likeness (QED) is 0.123. The standard InChI is InChI=1S/C25H53NO10Si/c1-25(2,3)36-24(27)26(4)8-9-28-10-11-29-12-13-30-14-15-31-16-17-32-18-19-33-20-21-34-22-23-35-37(5,6)7/h8-23H2,1-7H3. The zero-order chi connectivity index (χ0) is 27.8. The van der Waals surface area contributed by atoms with Crippen LogP contribution in [-0.2, 0) is 42.3 Å². The topological polar surface area (TPSA) is 103 Å². The summed E-state index contributed by atoms with van der Waals surface area (Å²) < 4.78 is 49.2. The third kappa shape index (κ3) is 29.6. The van der Waals surface area contributed by atoms with E-state index < -0.39 is 13.9 Å². The van der Waals surface area contributed by atoms with Crippen LogP contribution in [0.4, 0.5) is 4.79 Å². The summed E-state index contributed by atoms with van der Waals surface area (Å²) in [5.41, 5.74) is -0.502. The van der Waals surface area contributed by atoms with Crippen LogP contribution >= 0.6 is 0 Å². The highest BCUT2D eigenvalue weighted by Gasteiger charge is 2.19. The second-order valence-electron chi connectivity index (χ2n) is 10.1. The van der Waals surface area contributed by atoms with E-state index in [1.54, 1.807) is 7.05 Å². The molecule has 0 aromatic carbocycles. The van der Waals surface area contributed by atoms with Crippen molar-refractivity contribution in [3.8, 4) is 0 Å². The minimum atomic E-state index is -1.45. The maximum Gasteiger partial charge on any atom is 0.410 e. The molecule has 0 saturated heterocycles. The summed E-state index contributed by atoms with van der Waals surface area (Å²) >= 11 is 0. The molecule has 1 amide bonds. The Morgan fingerprint density at radius 3 is 1.16 bits per heavy atom. The molecular formula is C25H53NO10Si. The van der Waals surface area contributed by atoms with Crippen LogP contribution in [0.25, 0.3) is 0 Å². The predicted octanol–water partition coefficient (Wildman–Crippen LogP) is 2.82. The average molecular weight is 556 g/mol. The lowest BCUT2D eigenvalue weighted by atomic mass is 10.2. The van der Waals surface area contributed by atoms with Gasteiger partial charge in [0.2, 0.25) is 0 Å². The van der Waals surface area contributed by atoms with Crippen LogP contribution in [0.2, 0.25) is 19.6 Å². The maximum atomic E-state index is 11.8. The van der Waals surface area contributed by atoms with Gasteiger partial charge < -0.3 is 47.2 Å². The van der Waals surface area contributed by atoms with Crippen LogP contribution in [-0.4, -0.2) is 138 Å². The highest BCUT2D eigenvalue weighted by atomic mass is 28.4. The van der Waals surface area contributed by atoms with Gasteiger partial charge in [0, 0.05) is 13.6 Å². The first-order valence-electron chi connectivity index (χ1n) is 13.1. The smallest absolute Gasteiger partial charge is 0.410 e. The van der Waals surface area contributed by atoms with Crippen LogP contribution in [0.3, 0.4) is 0 Å². The van der Waals surface area contributed by atoms with Gasteiger partial charge in [-0.2, -0.15) is 0 Å². The van der Waals surface area contributed by atoms with Crippen LogP contribution in [0, 0.1) is 0 Å². The van der Waals surface area contributed by atoms with Gasteiger partial charge in [-0.15, -0.1) is 0 Å². The van der Waals surface area contributed by atoms with Crippen LogP contribution in [0.5, 0.6) is 0 Å². The molecule has 0 aliphatic heterocycles. The number of rotatable bonds is 25. The Morgan fingerprint density at radius 1 is 0.568 bits per heavy atom. The van der Waals surface area contributed by atoms with E-state index in [1.807, 2.05) is 20.8 Å². The Kier molecular flexibility index (Phi) is 22.6. The van der Waals surface area contributed by atoms with Gasteiger partial charge in [0.1, 0.15) is 5.60 Å². The number of hydrogen-bond acceptors (Lipinski definition) is 10. The summed E-state index contributed by atoms with van der Waals surface area (Å²) in [6.07, 6.45) is -0.359. The summed E-state index contributed by atoms with van der Waals surface area (Å²) in [4.78, 5) is 13.3. The van der Waals surface area contributed by atoms with Gasteiger partial charge in [0.15, 0.2) is 8.32 Å². The molecule has 0 aliphatic carbocycles. The predicted molar refractivity (Wildman–Crippen MR) is 144 cm³/mol. The second kappa shape index (κ2) is 23.1. The molecule has 0 aliphatic rings. The van der Waals surface area contributed by atoms with Crippen LogP contribution in [0.1, 0.15) is 20.8 Å². The summed E-state index contributed by atoms with van der Waals surface area (Å²) in [7, 11) is 0.236. The molecular weight excluding hydrogens is 502 g/mol. The van der Waals surface area contributed by atoms with Crippen molar-refractivity contribution >= 4 is 14.4 Å². The van der Waals surface area contributed by atoms with E-state index >= 15 is 0 Å². The molecule has 12 heteroatoms. The third-order valence-corrected chi connectivity index (χ3v) is 5.34. The Morgan fingerprint density at radius 2 is 0.865 bits per heavy atom. The monoisotopic (exact) mass is 555 g/mol. The van der Waals surface area contributed by atoms with E-state index in [-0.39, 0.29) is 6.09 Å². The van der Waals surface area contributed by atoms with Crippen molar-refractivity contribution in [2.45, 2.75) is 46.0 Å². The van der Waals surface area contributed by atoms with Crippen molar-refractivity contribution < 1.29 is 47.1 Å². The minimum absolute atomic E-state index is 0.359. The lowest BCUT2D eigenvalue weighted by Gasteiger charge is -2.24. The lowest BCUT2D eigenvalue weighted by molar-refractivity contribution is -0.0219. The number of likely N-dealkylation sites (N-methyl/N-ethyl adjacent to an activating group) is 1. The fourth-order valence-corrected chi connectivity index (χ4v) is 3.16. The first-order valence-corrected chi connectivity index (χ1v) is 16.5. The lowest BCUT2D eigenvalue weighted by Crippen LogP contribution is -2.36. The number of nitrogens with zero attached hydrogens (tertiary/aromatic N) is 1. The second-order valence-corrected chi connectivity index (χ2v) is 14.7. The molecule has 0 N–H and O–H groups in total.